The summed E-state index contributed by atoms with van der Waals surface area (Å²) in [6.07, 6.45) is 1.04. The van der Waals surface area contributed by atoms with Crippen molar-refractivity contribution in [2.75, 3.05) is 25.1 Å². The number of methoxy groups -OCH3 is 1. The van der Waals surface area contributed by atoms with E-state index in [9.17, 15) is 10.1 Å². The molecule has 0 amide bonds. The van der Waals surface area contributed by atoms with Gasteiger partial charge in [0.1, 0.15) is 11.8 Å². The molecule has 7 heteroatoms. The van der Waals surface area contributed by atoms with Gasteiger partial charge in [-0.15, -0.1) is 0 Å². The Bertz CT molecular complexity index is 1170. The Balaban J connectivity index is 1.50. The molecule has 29 heavy (non-hydrogen) atoms. The third-order valence-corrected chi connectivity index (χ3v) is 5.80. The molecule has 2 aliphatic rings. The first-order chi connectivity index (χ1) is 14.2. The lowest BCUT2D eigenvalue weighted by atomic mass is 9.83. The van der Waals surface area contributed by atoms with Gasteiger partial charge < -0.3 is 18.6 Å². The first-order valence-electron chi connectivity index (χ1n) is 9.66. The molecule has 2 atom stereocenters. The van der Waals surface area contributed by atoms with Crippen LogP contribution in [0.2, 0.25) is 0 Å². The van der Waals surface area contributed by atoms with E-state index in [-0.39, 0.29) is 17.2 Å². The predicted octanol–water partition coefficient (Wildman–Crippen LogP) is 3.01. The van der Waals surface area contributed by atoms with Crippen molar-refractivity contribution in [3.05, 3.63) is 64.2 Å². The van der Waals surface area contributed by atoms with E-state index in [0.717, 1.165) is 24.2 Å². The Hall–Kier alpha value is -3.53. The molecule has 1 aromatic carbocycles. The molecule has 0 unspecified atom stereocenters. The van der Waals surface area contributed by atoms with Gasteiger partial charge in [-0.25, -0.2) is 0 Å². The molecule has 0 aliphatic carbocycles. The largest absolute Gasteiger partial charge is 0.497 e. The Morgan fingerprint density at radius 3 is 2.90 bits per heavy atom. The summed E-state index contributed by atoms with van der Waals surface area (Å²) in [5, 5.41) is 9.64. The van der Waals surface area contributed by atoms with Gasteiger partial charge in [0.25, 0.3) is 5.56 Å². The quantitative estimate of drug-likeness (QED) is 0.686. The van der Waals surface area contributed by atoms with Crippen molar-refractivity contribution in [2.24, 2.45) is 5.92 Å². The zero-order chi connectivity index (χ0) is 20.0. The van der Waals surface area contributed by atoms with E-state index in [4.69, 9.17) is 9.15 Å². The van der Waals surface area contributed by atoms with E-state index >= 15 is 0 Å². The summed E-state index contributed by atoms with van der Waals surface area (Å²) in [6, 6.07) is 15.1. The first-order valence-corrected chi connectivity index (χ1v) is 9.66. The van der Waals surface area contributed by atoms with Crippen LogP contribution in [0.5, 0.6) is 5.75 Å². The zero-order valence-corrected chi connectivity index (χ0v) is 16.0. The number of piperidine rings is 1. The average molecular weight is 388 g/mol. The lowest BCUT2D eigenvalue weighted by Crippen LogP contribution is -2.47. The number of nitriles is 1. The van der Waals surface area contributed by atoms with Crippen LogP contribution in [0.15, 0.2) is 51.7 Å². The molecule has 146 valence electrons. The summed E-state index contributed by atoms with van der Waals surface area (Å²) in [5.41, 5.74) is 2.17. The highest BCUT2D eigenvalue weighted by Gasteiger charge is 2.36. The van der Waals surface area contributed by atoms with Gasteiger partial charge in [-0.3, -0.25) is 4.79 Å². The molecule has 1 fully saturated rings. The van der Waals surface area contributed by atoms with Crippen LogP contribution in [-0.2, 0) is 6.54 Å². The van der Waals surface area contributed by atoms with Crippen molar-refractivity contribution in [3.63, 3.8) is 0 Å². The minimum absolute atomic E-state index is 0.0586. The topological polar surface area (TPSA) is 84.3 Å². The average Bonchev–Trinajstić information content (AvgIpc) is 3.19. The van der Waals surface area contributed by atoms with Crippen molar-refractivity contribution in [3.8, 4) is 23.3 Å². The van der Waals surface area contributed by atoms with Crippen molar-refractivity contribution in [2.45, 2.75) is 18.9 Å². The number of oxazole rings is 1. The summed E-state index contributed by atoms with van der Waals surface area (Å²) in [7, 11) is 1.61. The lowest BCUT2D eigenvalue weighted by Gasteiger charge is -2.42. The number of benzene rings is 1. The van der Waals surface area contributed by atoms with Gasteiger partial charge in [-0.1, -0.05) is 12.1 Å². The summed E-state index contributed by atoms with van der Waals surface area (Å²) < 4.78 is 13.2. The number of rotatable bonds is 3. The minimum atomic E-state index is 0.0586. The van der Waals surface area contributed by atoms with Crippen LogP contribution < -0.4 is 15.2 Å². The highest BCUT2D eigenvalue weighted by atomic mass is 16.5. The molecule has 0 saturated carbocycles. The molecule has 2 bridgehead atoms. The molecule has 3 aromatic rings. The molecule has 0 spiro atoms. The van der Waals surface area contributed by atoms with Crippen molar-refractivity contribution < 1.29 is 9.15 Å². The van der Waals surface area contributed by atoms with Crippen LogP contribution in [0.25, 0.3) is 11.5 Å². The number of hydrogen-bond acceptors (Lipinski definition) is 6. The third-order valence-electron chi connectivity index (χ3n) is 5.80. The number of hydrogen-bond donors (Lipinski definition) is 0. The number of pyridine rings is 1. The van der Waals surface area contributed by atoms with E-state index in [1.54, 1.807) is 13.2 Å². The van der Waals surface area contributed by atoms with Crippen LogP contribution in [0.4, 0.5) is 5.88 Å². The van der Waals surface area contributed by atoms with E-state index in [1.165, 1.54) is 0 Å². The molecule has 2 aromatic heterocycles. The molecule has 1 saturated heterocycles. The zero-order valence-electron chi connectivity index (χ0n) is 16.0. The van der Waals surface area contributed by atoms with Crippen LogP contribution in [0, 0.1) is 17.2 Å². The van der Waals surface area contributed by atoms with Gasteiger partial charge in [0.05, 0.1) is 7.11 Å². The van der Waals surface area contributed by atoms with Crippen LogP contribution in [-0.4, -0.2) is 29.8 Å². The highest BCUT2D eigenvalue weighted by Crippen LogP contribution is 2.39. The van der Waals surface area contributed by atoms with Crippen LogP contribution >= 0.6 is 0 Å². The Morgan fingerprint density at radius 2 is 2.07 bits per heavy atom. The lowest BCUT2D eigenvalue weighted by molar-refractivity contribution is 0.275. The Morgan fingerprint density at radius 1 is 1.21 bits per heavy atom. The fourth-order valence-corrected chi connectivity index (χ4v) is 4.54. The maximum Gasteiger partial charge on any atom is 0.250 e. The summed E-state index contributed by atoms with van der Waals surface area (Å²) >= 11 is 0. The standard InChI is InChI=1S/C22H20N4O3/c1-28-17-5-2-4-15(9-17)21-24-18(10-23)22(29-21)25-11-14-8-16(13-25)19-6-3-7-20(27)26(19)12-14/h2-7,9,14,16H,8,11-13H2,1H3/t14-,16-/m0/s1. The second-order valence-electron chi connectivity index (χ2n) is 7.62. The van der Waals surface area contributed by atoms with E-state index < -0.39 is 0 Å². The smallest absolute Gasteiger partial charge is 0.250 e. The predicted molar refractivity (Wildman–Crippen MR) is 107 cm³/mol. The second kappa shape index (κ2) is 6.82. The number of anilines is 1. The van der Waals surface area contributed by atoms with Crippen molar-refractivity contribution in [1.82, 2.24) is 9.55 Å². The van der Waals surface area contributed by atoms with Gasteiger partial charge in [0.2, 0.25) is 17.5 Å². The van der Waals surface area contributed by atoms with Gasteiger partial charge in [-0.05, 0) is 36.6 Å². The van der Waals surface area contributed by atoms with Gasteiger partial charge in [-0.2, -0.15) is 10.2 Å². The van der Waals surface area contributed by atoms with E-state index in [2.05, 4.69) is 16.0 Å². The number of ether oxygens (including phenoxy) is 1. The van der Waals surface area contributed by atoms with Gasteiger partial charge >= 0.3 is 0 Å². The fraction of sp³-hybridized carbons (Fsp3) is 0.318. The number of aromatic nitrogens is 2. The van der Waals surface area contributed by atoms with E-state index in [0.29, 0.717) is 36.5 Å². The Kier molecular flexibility index (Phi) is 4.13. The second-order valence-corrected chi connectivity index (χ2v) is 7.62. The summed E-state index contributed by atoms with van der Waals surface area (Å²) in [5.74, 6) is 2.18. The molecule has 5 rings (SSSR count). The Labute approximate surface area is 167 Å². The van der Waals surface area contributed by atoms with Gasteiger partial charge in [0.15, 0.2) is 0 Å². The first kappa shape index (κ1) is 17.6. The number of fused-ring (bicyclic) bond motifs is 4. The normalized spacial score (nSPS) is 20.1. The monoisotopic (exact) mass is 388 g/mol. The fourth-order valence-electron chi connectivity index (χ4n) is 4.54. The minimum Gasteiger partial charge on any atom is -0.497 e. The summed E-state index contributed by atoms with van der Waals surface area (Å²) in [6.45, 7) is 2.13. The molecular weight excluding hydrogens is 368 g/mol. The maximum atomic E-state index is 12.2. The molecule has 4 heterocycles. The van der Waals surface area contributed by atoms with Crippen molar-refractivity contribution in [1.29, 1.82) is 5.26 Å². The molecule has 2 aliphatic heterocycles. The SMILES string of the molecule is COc1cccc(-c2nc(C#N)c(N3C[C@@H]4C[C@@H](C3)c3cccc(=O)n3C4)o2)c1. The molecule has 7 nitrogen and oxygen atoms in total. The summed E-state index contributed by atoms with van der Waals surface area (Å²) in [4.78, 5) is 18.8. The number of nitrogens with zero attached hydrogens (tertiary/aromatic N) is 4. The molecule has 0 radical (unpaired) electrons. The highest BCUT2D eigenvalue weighted by molar-refractivity contribution is 5.61. The van der Waals surface area contributed by atoms with Crippen LogP contribution in [0.1, 0.15) is 23.7 Å². The van der Waals surface area contributed by atoms with Crippen LogP contribution in [0.3, 0.4) is 0 Å². The van der Waals surface area contributed by atoms with E-state index in [1.807, 2.05) is 41.0 Å². The van der Waals surface area contributed by atoms with Crippen molar-refractivity contribution >= 4 is 5.88 Å². The molecule has 0 N–H and O–H groups in total. The third kappa shape index (κ3) is 2.97. The molecular formula is C22H20N4O3. The van der Waals surface area contributed by atoms with Gasteiger partial charge in [0, 0.05) is 42.9 Å². The maximum absolute atomic E-state index is 12.2.